The predicted molar refractivity (Wildman–Crippen MR) is 105 cm³/mol. The summed E-state index contributed by atoms with van der Waals surface area (Å²) in [5.74, 6) is 0.582. The van der Waals surface area contributed by atoms with Crippen LogP contribution in [0.5, 0.6) is 0 Å². The van der Waals surface area contributed by atoms with E-state index in [0.717, 1.165) is 38.0 Å². The van der Waals surface area contributed by atoms with Crippen LogP contribution in [0.4, 0.5) is 5.69 Å². The summed E-state index contributed by atoms with van der Waals surface area (Å²) in [6.07, 6.45) is 0.897. The van der Waals surface area contributed by atoms with Gasteiger partial charge in [0, 0.05) is 43.5 Å². The van der Waals surface area contributed by atoms with Gasteiger partial charge in [0.25, 0.3) is 0 Å². The zero-order chi connectivity index (χ0) is 17.8. The molecule has 132 valence electrons. The van der Waals surface area contributed by atoms with E-state index in [-0.39, 0.29) is 0 Å². The SMILES string of the molecule is CC(C)c1ccc(C(C)N2CCN(c3ccc(C=O)cc3)CC2)cc1. The topological polar surface area (TPSA) is 23.6 Å². The zero-order valence-corrected chi connectivity index (χ0v) is 15.5. The fraction of sp³-hybridized carbons (Fsp3) is 0.409. The normalized spacial score (nSPS) is 16.9. The number of nitrogens with zero attached hydrogens (tertiary/aromatic N) is 2. The molecule has 0 aromatic heterocycles. The van der Waals surface area contributed by atoms with Crippen molar-refractivity contribution in [3.05, 3.63) is 65.2 Å². The van der Waals surface area contributed by atoms with E-state index in [1.165, 1.54) is 16.8 Å². The molecule has 2 aromatic rings. The van der Waals surface area contributed by atoms with E-state index in [9.17, 15) is 4.79 Å². The highest BCUT2D eigenvalue weighted by molar-refractivity contribution is 5.75. The molecule has 1 aliphatic heterocycles. The van der Waals surface area contributed by atoms with Crippen LogP contribution in [0.25, 0.3) is 0 Å². The minimum Gasteiger partial charge on any atom is -0.369 e. The minimum absolute atomic E-state index is 0.445. The number of hydrogen-bond donors (Lipinski definition) is 0. The highest BCUT2D eigenvalue weighted by Crippen LogP contribution is 2.25. The minimum atomic E-state index is 0.445. The summed E-state index contributed by atoms with van der Waals surface area (Å²) < 4.78 is 0. The van der Waals surface area contributed by atoms with Gasteiger partial charge in [-0.2, -0.15) is 0 Å². The Morgan fingerprint density at radius 2 is 1.36 bits per heavy atom. The highest BCUT2D eigenvalue weighted by atomic mass is 16.1. The van der Waals surface area contributed by atoms with Crippen LogP contribution in [0.15, 0.2) is 48.5 Å². The Kier molecular flexibility index (Phi) is 5.54. The third kappa shape index (κ3) is 4.10. The Morgan fingerprint density at radius 3 is 1.88 bits per heavy atom. The second-order valence-electron chi connectivity index (χ2n) is 7.23. The molecule has 3 nitrogen and oxygen atoms in total. The molecule has 3 rings (SSSR count). The summed E-state index contributed by atoms with van der Waals surface area (Å²) in [6.45, 7) is 10.9. The molecule has 0 amide bonds. The molecule has 1 heterocycles. The van der Waals surface area contributed by atoms with Crippen molar-refractivity contribution in [2.24, 2.45) is 0 Å². The molecular formula is C22H28N2O. The van der Waals surface area contributed by atoms with Gasteiger partial charge in [-0.15, -0.1) is 0 Å². The van der Waals surface area contributed by atoms with E-state index in [4.69, 9.17) is 0 Å². The molecule has 1 unspecified atom stereocenters. The highest BCUT2D eigenvalue weighted by Gasteiger charge is 2.22. The van der Waals surface area contributed by atoms with E-state index in [1.807, 2.05) is 24.3 Å². The smallest absolute Gasteiger partial charge is 0.150 e. The van der Waals surface area contributed by atoms with Crippen molar-refractivity contribution in [1.29, 1.82) is 0 Å². The van der Waals surface area contributed by atoms with Crippen molar-refractivity contribution in [2.75, 3.05) is 31.1 Å². The molecule has 0 spiro atoms. The number of carbonyl (C=O) groups is 1. The summed E-state index contributed by atoms with van der Waals surface area (Å²) in [5.41, 5.74) is 4.74. The first-order valence-electron chi connectivity index (χ1n) is 9.22. The van der Waals surface area contributed by atoms with Crippen molar-refractivity contribution in [3.63, 3.8) is 0 Å². The third-order valence-corrected chi connectivity index (χ3v) is 5.34. The van der Waals surface area contributed by atoms with Gasteiger partial charge in [0.15, 0.2) is 0 Å². The van der Waals surface area contributed by atoms with E-state index in [1.54, 1.807) is 0 Å². The quantitative estimate of drug-likeness (QED) is 0.751. The first-order valence-corrected chi connectivity index (χ1v) is 9.22. The molecule has 1 atom stereocenters. The van der Waals surface area contributed by atoms with Crippen molar-refractivity contribution >= 4 is 12.0 Å². The monoisotopic (exact) mass is 336 g/mol. The molecule has 2 aromatic carbocycles. The van der Waals surface area contributed by atoms with Crippen LogP contribution < -0.4 is 4.90 Å². The lowest BCUT2D eigenvalue weighted by Crippen LogP contribution is -2.47. The number of carbonyl (C=O) groups excluding carboxylic acids is 1. The van der Waals surface area contributed by atoms with Gasteiger partial charge in [-0.05, 0) is 48.2 Å². The number of aldehydes is 1. The maximum atomic E-state index is 10.8. The average Bonchev–Trinajstić information content (AvgIpc) is 2.67. The second-order valence-corrected chi connectivity index (χ2v) is 7.23. The predicted octanol–water partition coefficient (Wildman–Crippen LogP) is 4.51. The number of benzene rings is 2. The lowest BCUT2D eigenvalue weighted by atomic mass is 9.99. The Hall–Kier alpha value is -2.13. The maximum absolute atomic E-state index is 10.8. The van der Waals surface area contributed by atoms with Gasteiger partial charge in [0.05, 0.1) is 0 Å². The summed E-state index contributed by atoms with van der Waals surface area (Å²) in [7, 11) is 0. The first kappa shape index (κ1) is 17.7. The van der Waals surface area contributed by atoms with Gasteiger partial charge in [0.2, 0.25) is 0 Å². The molecule has 0 bridgehead atoms. The van der Waals surface area contributed by atoms with E-state index in [2.05, 4.69) is 54.8 Å². The Bertz CT molecular complexity index is 683. The largest absolute Gasteiger partial charge is 0.369 e. The van der Waals surface area contributed by atoms with E-state index in [0.29, 0.717) is 12.0 Å². The molecule has 0 saturated carbocycles. The van der Waals surface area contributed by atoms with Crippen LogP contribution in [0.2, 0.25) is 0 Å². The maximum Gasteiger partial charge on any atom is 0.150 e. The van der Waals surface area contributed by atoms with Crippen LogP contribution in [-0.4, -0.2) is 37.4 Å². The molecule has 0 N–H and O–H groups in total. The van der Waals surface area contributed by atoms with Gasteiger partial charge in [-0.1, -0.05) is 38.1 Å². The van der Waals surface area contributed by atoms with Crippen LogP contribution in [0.1, 0.15) is 54.2 Å². The summed E-state index contributed by atoms with van der Waals surface area (Å²) in [6, 6.07) is 17.4. The summed E-state index contributed by atoms with van der Waals surface area (Å²) in [5, 5.41) is 0. The van der Waals surface area contributed by atoms with Gasteiger partial charge < -0.3 is 4.90 Å². The standard InChI is InChI=1S/C22H28N2O/c1-17(2)20-6-8-21(9-7-20)18(3)23-12-14-24(15-13-23)22-10-4-19(16-25)5-11-22/h4-11,16-18H,12-15H2,1-3H3. The molecule has 0 aliphatic carbocycles. The average molecular weight is 336 g/mol. The Morgan fingerprint density at radius 1 is 0.800 bits per heavy atom. The lowest BCUT2D eigenvalue weighted by Gasteiger charge is -2.39. The van der Waals surface area contributed by atoms with Crippen LogP contribution in [0, 0.1) is 0 Å². The molecule has 1 saturated heterocycles. The molecule has 1 aliphatic rings. The molecule has 1 fully saturated rings. The fourth-order valence-electron chi connectivity index (χ4n) is 3.50. The number of rotatable bonds is 5. The van der Waals surface area contributed by atoms with E-state index < -0.39 is 0 Å². The Labute approximate surface area is 151 Å². The lowest BCUT2D eigenvalue weighted by molar-refractivity contribution is 0.112. The molecule has 25 heavy (non-hydrogen) atoms. The van der Waals surface area contributed by atoms with Gasteiger partial charge >= 0.3 is 0 Å². The van der Waals surface area contributed by atoms with E-state index >= 15 is 0 Å². The Balaban J connectivity index is 1.60. The fourth-order valence-corrected chi connectivity index (χ4v) is 3.50. The number of anilines is 1. The van der Waals surface area contributed by atoms with Crippen LogP contribution >= 0.6 is 0 Å². The summed E-state index contributed by atoms with van der Waals surface area (Å²) in [4.78, 5) is 15.7. The van der Waals surface area contributed by atoms with Crippen molar-refractivity contribution < 1.29 is 4.79 Å². The molecule has 3 heteroatoms. The zero-order valence-electron chi connectivity index (χ0n) is 15.5. The van der Waals surface area contributed by atoms with Gasteiger partial charge in [-0.25, -0.2) is 0 Å². The van der Waals surface area contributed by atoms with Gasteiger partial charge in [-0.3, -0.25) is 9.69 Å². The van der Waals surface area contributed by atoms with Crippen molar-refractivity contribution in [1.82, 2.24) is 4.90 Å². The van der Waals surface area contributed by atoms with Crippen LogP contribution in [-0.2, 0) is 0 Å². The summed E-state index contributed by atoms with van der Waals surface area (Å²) >= 11 is 0. The van der Waals surface area contributed by atoms with Crippen molar-refractivity contribution in [2.45, 2.75) is 32.7 Å². The number of hydrogen-bond acceptors (Lipinski definition) is 3. The molecular weight excluding hydrogens is 308 g/mol. The number of piperazine rings is 1. The second kappa shape index (κ2) is 7.83. The van der Waals surface area contributed by atoms with Crippen molar-refractivity contribution in [3.8, 4) is 0 Å². The third-order valence-electron chi connectivity index (χ3n) is 5.34. The molecule has 0 radical (unpaired) electrons. The van der Waals surface area contributed by atoms with Crippen LogP contribution in [0.3, 0.4) is 0 Å². The van der Waals surface area contributed by atoms with Gasteiger partial charge in [0.1, 0.15) is 6.29 Å². The first-order chi connectivity index (χ1) is 12.1.